The summed E-state index contributed by atoms with van der Waals surface area (Å²) in [6, 6.07) is 0.703. The summed E-state index contributed by atoms with van der Waals surface area (Å²) in [6.45, 7) is 2.08. The molecule has 1 fully saturated rings. The predicted molar refractivity (Wildman–Crippen MR) is 65.3 cm³/mol. The number of hydrogen-bond acceptors (Lipinski definition) is 3. The number of rotatable bonds is 4. The van der Waals surface area contributed by atoms with Crippen molar-refractivity contribution in [2.24, 2.45) is 0 Å². The Labute approximate surface area is 96.1 Å². The highest BCUT2D eigenvalue weighted by Crippen LogP contribution is 2.23. The molecule has 0 aromatic carbocycles. The molecule has 2 rings (SSSR count). The van der Waals surface area contributed by atoms with Crippen LogP contribution in [0.4, 0.5) is 0 Å². The molecular formula is C12H19NOS. The van der Waals surface area contributed by atoms with E-state index in [0.29, 0.717) is 11.8 Å². The molecule has 3 heteroatoms. The lowest BCUT2D eigenvalue weighted by Crippen LogP contribution is -2.33. The zero-order valence-electron chi connectivity index (χ0n) is 9.37. The largest absolute Gasteiger partial charge is 0.295 e. The van der Waals surface area contributed by atoms with Crippen molar-refractivity contribution in [3.05, 3.63) is 11.6 Å². The van der Waals surface area contributed by atoms with Crippen LogP contribution in [0, 0.1) is 0 Å². The van der Waals surface area contributed by atoms with Gasteiger partial charge >= 0.3 is 0 Å². The molecular weight excluding hydrogens is 206 g/mol. The Morgan fingerprint density at radius 1 is 1.60 bits per heavy atom. The molecule has 0 N–H and O–H groups in total. The molecule has 0 unspecified atom stereocenters. The highest BCUT2D eigenvalue weighted by Gasteiger charge is 2.26. The van der Waals surface area contributed by atoms with Crippen LogP contribution < -0.4 is 0 Å². The van der Waals surface area contributed by atoms with E-state index in [1.54, 1.807) is 0 Å². The van der Waals surface area contributed by atoms with E-state index in [2.05, 4.69) is 17.2 Å². The van der Waals surface area contributed by atoms with E-state index >= 15 is 0 Å². The van der Waals surface area contributed by atoms with Crippen molar-refractivity contribution in [1.29, 1.82) is 0 Å². The summed E-state index contributed by atoms with van der Waals surface area (Å²) in [6.07, 6.45) is 8.62. The van der Waals surface area contributed by atoms with Gasteiger partial charge in [-0.05, 0) is 32.1 Å². The van der Waals surface area contributed by atoms with Crippen molar-refractivity contribution in [2.75, 3.05) is 25.1 Å². The van der Waals surface area contributed by atoms with Crippen molar-refractivity contribution in [3.63, 3.8) is 0 Å². The van der Waals surface area contributed by atoms with Gasteiger partial charge in [-0.25, -0.2) is 0 Å². The molecule has 0 aromatic rings. The minimum atomic E-state index is 0.379. The van der Waals surface area contributed by atoms with Gasteiger partial charge in [0.15, 0.2) is 5.78 Å². The number of allylic oxidation sites excluding steroid dienone is 1. The molecule has 0 radical (unpaired) electrons. The molecule has 0 spiro atoms. The van der Waals surface area contributed by atoms with E-state index in [9.17, 15) is 4.79 Å². The second kappa shape index (κ2) is 5.17. The normalized spacial score (nSPS) is 27.4. The lowest BCUT2D eigenvalue weighted by atomic mass is 10.2. The number of carbonyl (C=O) groups excluding carboxylic acids is 1. The van der Waals surface area contributed by atoms with Gasteiger partial charge in [0.25, 0.3) is 0 Å². The first-order valence-electron chi connectivity index (χ1n) is 5.76. The maximum Gasteiger partial charge on any atom is 0.160 e. The van der Waals surface area contributed by atoms with Gasteiger partial charge in [0, 0.05) is 30.3 Å². The summed E-state index contributed by atoms with van der Waals surface area (Å²) in [5.74, 6) is 1.59. The maximum atomic E-state index is 11.5. The van der Waals surface area contributed by atoms with Gasteiger partial charge in [-0.2, -0.15) is 11.8 Å². The molecule has 1 saturated heterocycles. The van der Waals surface area contributed by atoms with E-state index in [4.69, 9.17) is 0 Å². The Bertz CT molecular complexity index is 275. The number of thioether (sulfide) groups is 1. The van der Waals surface area contributed by atoms with E-state index < -0.39 is 0 Å². The molecule has 2 nitrogen and oxygen atoms in total. The number of Topliss-reactive ketones (excluding diaryl/α,β-unsaturated/α-hetero) is 1. The molecule has 0 bridgehead atoms. The second-order valence-electron chi connectivity index (χ2n) is 4.41. The first-order chi connectivity index (χ1) is 7.31. The standard InChI is InChI=1S/C12H19NOS/c1-15-9-11-5-3-7-13(11)8-10-4-2-6-12(10)14/h4,11H,2-3,5-9H2,1H3/t11-/m0/s1. The number of nitrogens with zero attached hydrogens (tertiary/aromatic N) is 1. The van der Waals surface area contributed by atoms with E-state index in [1.807, 2.05) is 11.8 Å². The molecule has 84 valence electrons. The van der Waals surface area contributed by atoms with Gasteiger partial charge in [0.2, 0.25) is 0 Å². The molecule has 1 aliphatic heterocycles. The topological polar surface area (TPSA) is 20.3 Å². The van der Waals surface area contributed by atoms with E-state index in [-0.39, 0.29) is 0 Å². The van der Waals surface area contributed by atoms with Crippen LogP contribution in [0.5, 0.6) is 0 Å². The van der Waals surface area contributed by atoms with Crippen molar-refractivity contribution in [2.45, 2.75) is 31.7 Å². The maximum absolute atomic E-state index is 11.5. The van der Waals surface area contributed by atoms with E-state index in [0.717, 1.165) is 25.0 Å². The first-order valence-corrected chi connectivity index (χ1v) is 7.16. The molecule has 1 aliphatic carbocycles. The molecule has 0 amide bonds. The van der Waals surface area contributed by atoms with Crippen molar-refractivity contribution < 1.29 is 4.79 Å². The summed E-state index contributed by atoms with van der Waals surface area (Å²) in [7, 11) is 0. The average Bonchev–Trinajstić information content (AvgIpc) is 2.80. The van der Waals surface area contributed by atoms with Crippen LogP contribution in [-0.2, 0) is 4.79 Å². The average molecular weight is 225 g/mol. The van der Waals surface area contributed by atoms with Crippen molar-refractivity contribution in [3.8, 4) is 0 Å². The van der Waals surface area contributed by atoms with Crippen LogP contribution in [-0.4, -0.2) is 41.8 Å². The Kier molecular flexibility index (Phi) is 3.87. The summed E-state index contributed by atoms with van der Waals surface area (Å²) in [4.78, 5) is 14.0. The van der Waals surface area contributed by atoms with Gasteiger partial charge in [0.1, 0.15) is 0 Å². The van der Waals surface area contributed by atoms with E-state index in [1.165, 1.54) is 25.1 Å². The van der Waals surface area contributed by atoms with Crippen LogP contribution in [0.3, 0.4) is 0 Å². The zero-order valence-corrected chi connectivity index (χ0v) is 10.2. The van der Waals surface area contributed by atoms with Gasteiger partial charge in [-0.1, -0.05) is 6.08 Å². The molecule has 1 atom stereocenters. The van der Waals surface area contributed by atoms with Crippen LogP contribution in [0.15, 0.2) is 11.6 Å². The molecule has 0 aromatic heterocycles. The lowest BCUT2D eigenvalue weighted by Gasteiger charge is -2.23. The smallest absolute Gasteiger partial charge is 0.160 e. The summed E-state index contributed by atoms with van der Waals surface area (Å²) in [5, 5.41) is 0. The fraction of sp³-hybridized carbons (Fsp3) is 0.750. The van der Waals surface area contributed by atoms with Gasteiger partial charge < -0.3 is 0 Å². The quantitative estimate of drug-likeness (QED) is 0.731. The highest BCUT2D eigenvalue weighted by atomic mass is 32.2. The van der Waals surface area contributed by atoms with Crippen molar-refractivity contribution in [1.82, 2.24) is 4.90 Å². The lowest BCUT2D eigenvalue weighted by molar-refractivity contribution is -0.115. The Balaban J connectivity index is 1.90. The van der Waals surface area contributed by atoms with Crippen molar-refractivity contribution >= 4 is 17.5 Å². The molecule has 0 saturated carbocycles. The van der Waals surface area contributed by atoms with Crippen LogP contribution in [0.25, 0.3) is 0 Å². The Morgan fingerprint density at radius 2 is 2.47 bits per heavy atom. The fourth-order valence-electron chi connectivity index (χ4n) is 2.51. The molecule has 1 heterocycles. The molecule has 15 heavy (non-hydrogen) atoms. The Morgan fingerprint density at radius 3 is 3.13 bits per heavy atom. The third-order valence-corrected chi connectivity index (χ3v) is 4.07. The monoisotopic (exact) mass is 225 g/mol. The minimum Gasteiger partial charge on any atom is -0.295 e. The van der Waals surface area contributed by atoms with Crippen LogP contribution >= 0.6 is 11.8 Å². The molecule has 2 aliphatic rings. The second-order valence-corrected chi connectivity index (χ2v) is 5.32. The number of hydrogen-bond donors (Lipinski definition) is 0. The zero-order chi connectivity index (χ0) is 10.7. The number of carbonyl (C=O) groups is 1. The summed E-state index contributed by atoms with van der Waals surface area (Å²) >= 11 is 1.92. The summed E-state index contributed by atoms with van der Waals surface area (Å²) in [5.41, 5.74) is 1.07. The first kappa shape index (κ1) is 11.2. The minimum absolute atomic E-state index is 0.379. The third kappa shape index (κ3) is 2.64. The fourth-order valence-corrected chi connectivity index (χ4v) is 3.27. The van der Waals surface area contributed by atoms with Crippen LogP contribution in [0.1, 0.15) is 25.7 Å². The number of likely N-dealkylation sites (tertiary alicyclic amines) is 1. The SMILES string of the molecule is CSC[C@@H]1CCCN1CC1=CCCC1=O. The van der Waals surface area contributed by atoms with Gasteiger partial charge in [-0.3, -0.25) is 9.69 Å². The predicted octanol–water partition coefficient (Wildman–Crippen LogP) is 2.10. The van der Waals surface area contributed by atoms with Gasteiger partial charge in [0.05, 0.1) is 0 Å². The third-order valence-electron chi connectivity index (χ3n) is 3.35. The summed E-state index contributed by atoms with van der Waals surface area (Å²) < 4.78 is 0. The highest BCUT2D eigenvalue weighted by molar-refractivity contribution is 7.98. The Hall–Kier alpha value is -0.280. The van der Waals surface area contributed by atoms with Gasteiger partial charge in [-0.15, -0.1) is 0 Å². The number of ketones is 1. The van der Waals surface area contributed by atoms with Crippen LogP contribution in [0.2, 0.25) is 0 Å².